The Hall–Kier alpha value is -3.16. The fourth-order valence-corrected chi connectivity index (χ4v) is 4.40. The van der Waals surface area contributed by atoms with Crippen LogP contribution in [0.5, 0.6) is 5.75 Å². The zero-order valence-corrected chi connectivity index (χ0v) is 18.5. The monoisotopic (exact) mass is 450 g/mol. The van der Waals surface area contributed by atoms with Crippen molar-refractivity contribution in [3.05, 3.63) is 95.6 Å². The molecule has 1 saturated carbocycles. The van der Waals surface area contributed by atoms with Crippen molar-refractivity contribution in [2.75, 3.05) is 6.54 Å². The zero-order valence-electron chi connectivity index (χ0n) is 17.7. The van der Waals surface area contributed by atoms with Crippen molar-refractivity contribution in [2.45, 2.75) is 30.9 Å². The van der Waals surface area contributed by atoms with E-state index in [0.717, 1.165) is 24.0 Å². The van der Waals surface area contributed by atoms with Crippen molar-refractivity contribution in [3.63, 3.8) is 0 Å². The molecular formula is C25H26N2O4S. The summed E-state index contributed by atoms with van der Waals surface area (Å²) in [6.45, 7) is 1.14. The molecule has 0 heterocycles. The molecule has 0 aromatic heterocycles. The molecule has 1 fully saturated rings. The second-order valence-electron chi connectivity index (χ2n) is 7.89. The summed E-state index contributed by atoms with van der Waals surface area (Å²) in [7, 11) is -3.63. The van der Waals surface area contributed by atoms with E-state index in [4.69, 9.17) is 4.74 Å². The van der Waals surface area contributed by atoms with Gasteiger partial charge in [-0.3, -0.25) is 4.79 Å². The summed E-state index contributed by atoms with van der Waals surface area (Å²) in [5.74, 6) is 0.778. The van der Waals surface area contributed by atoms with Crippen LogP contribution in [-0.4, -0.2) is 20.9 Å². The summed E-state index contributed by atoms with van der Waals surface area (Å²) >= 11 is 0. The number of hydrogen-bond donors (Lipinski definition) is 2. The van der Waals surface area contributed by atoms with Crippen molar-refractivity contribution < 1.29 is 17.9 Å². The van der Waals surface area contributed by atoms with Gasteiger partial charge in [0.05, 0.1) is 4.90 Å². The highest BCUT2D eigenvalue weighted by molar-refractivity contribution is 7.89. The quantitative estimate of drug-likeness (QED) is 0.491. The fourth-order valence-electron chi connectivity index (χ4n) is 3.24. The van der Waals surface area contributed by atoms with E-state index < -0.39 is 10.0 Å². The number of nitrogens with one attached hydrogen (secondary N) is 2. The number of ether oxygens (including phenoxy) is 1. The van der Waals surface area contributed by atoms with E-state index in [1.807, 2.05) is 54.6 Å². The molecule has 32 heavy (non-hydrogen) atoms. The molecule has 0 atom stereocenters. The summed E-state index contributed by atoms with van der Waals surface area (Å²) in [5, 5.41) is 2.86. The molecule has 1 aliphatic carbocycles. The number of amides is 1. The minimum absolute atomic E-state index is 0.0948. The van der Waals surface area contributed by atoms with Crippen molar-refractivity contribution >= 4 is 15.9 Å². The maximum absolute atomic E-state index is 12.7. The van der Waals surface area contributed by atoms with Gasteiger partial charge in [-0.25, -0.2) is 13.1 Å². The van der Waals surface area contributed by atoms with E-state index in [9.17, 15) is 13.2 Å². The topological polar surface area (TPSA) is 84.5 Å². The number of carbonyl (C=O) groups is 1. The average molecular weight is 451 g/mol. The number of sulfonamides is 1. The standard InChI is InChI=1S/C25H26N2O4S/c28-25(21-10-6-11-23(15-21)32(29,30)27-16-19-13-14-19)26-17-22-9-4-5-12-24(22)31-18-20-7-2-1-3-8-20/h1-12,15,19,27H,13-14,16-18H2,(H,26,28). The van der Waals surface area contributed by atoms with Crippen molar-refractivity contribution in [3.8, 4) is 5.75 Å². The molecule has 0 aliphatic heterocycles. The lowest BCUT2D eigenvalue weighted by atomic mass is 10.1. The van der Waals surface area contributed by atoms with Crippen LogP contribution in [0.15, 0.2) is 83.8 Å². The average Bonchev–Trinajstić information content (AvgIpc) is 3.66. The number of benzene rings is 3. The Kier molecular flexibility index (Phi) is 6.87. The van der Waals surface area contributed by atoms with Gasteiger partial charge in [0.25, 0.3) is 5.91 Å². The summed E-state index contributed by atoms with van der Waals surface area (Å²) in [6.07, 6.45) is 2.11. The molecule has 7 heteroatoms. The Bertz CT molecular complexity index is 1180. The largest absolute Gasteiger partial charge is 0.489 e. The van der Waals surface area contributed by atoms with Crippen LogP contribution in [0.1, 0.15) is 34.3 Å². The van der Waals surface area contributed by atoms with E-state index in [-0.39, 0.29) is 17.3 Å². The normalized spacial score (nSPS) is 13.5. The van der Waals surface area contributed by atoms with Gasteiger partial charge in [0.1, 0.15) is 12.4 Å². The summed E-state index contributed by atoms with van der Waals surface area (Å²) in [5.41, 5.74) is 2.19. The fraction of sp³-hybridized carbons (Fsp3) is 0.240. The third-order valence-electron chi connectivity index (χ3n) is 5.31. The molecule has 0 unspecified atom stereocenters. The highest BCUT2D eigenvalue weighted by atomic mass is 32.2. The lowest BCUT2D eigenvalue weighted by molar-refractivity contribution is 0.0950. The number of para-hydroxylation sites is 1. The van der Waals surface area contributed by atoms with Gasteiger partial charge in [-0.1, -0.05) is 54.6 Å². The Morgan fingerprint density at radius 1 is 0.938 bits per heavy atom. The minimum atomic E-state index is -3.63. The molecular weight excluding hydrogens is 424 g/mol. The van der Waals surface area contributed by atoms with E-state index in [1.54, 1.807) is 12.1 Å². The molecule has 3 aromatic rings. The second-order valence-corrected chi connectivity index (χ2v) is 9.65. The van der Waals surface area contributed by atoms with Gasteiger partial charge in [-0.15, -0.1) is 0 Å². The van der Waals surface area contributed by atoms with Crippen LogP contribution in [0.3, 0.4) is 0 Å². The lowest BCUT2D eigenvalue weighted by Gasteiger charge is -2.13. The molecule has 4 rings (SSSR count). The first-order chi connectivity index (χ1) is 15.5. The number of carbonyl (C=O) groups excluding carboxylic acids is 1. The molecule has 1 amide bonds. The Balaban J connectivity index is 1.38. The first kappa shape index (κ1) is 22.0. The third-order valence-corrected chi connectivity index (χ3v) is 6.74. The molecule has 3 aromatic carbocycles. The number of rotatable bonds is 10. The Labute approximate surface area is 188 Å². The highest BCUT2D eigenvalue weighted by Gasteiger charge is 2.24. The summed E-state index contributed by atoms with van der Waals surface area (Å²) in [4.78, 5) is 12.8. The predicted molar refractivity (Wildman–Crippen MR) is 123 cm³/mol. The smallest absolute Gasteiger partial charge is 0.251 e. The molecule has 0 saturated heterocycles. The zero-order chi connectivity index (χ0) is 22.4. The van der Waals surface area contributed by atoms with Crippen LogP contribution >= 0.6 is 0 Å². The van der Waals surface area contributed by atoms with Crippen LogP contribution < -0.4 is 14.8 Å². The Morgan fingerprint density at radius 2 is 1.69 bits per heavy atom. The maximum Gasteiger partial charge on any atom is 0.251 e. The molecule has 0 bridgehead atoms. The van der Waals surface area contributed by atoms with Gasteiger partial charge in [-0.2, -0.15) is 0 Å². The van der Waals surface area contributed by atoms with E-state index >= 15 is 0 Å². The first-order valence-corrected chi connectivity index (χ1v) is 12.1. The molecule has 0 radical (unpaired) electrons. The first-order valence-electron chi connectivity index (χ1n) is 10.6. The summed E-state index contributed by atoms with van der Waals surface area (Å²) < 4.78 is 33.5. The van der Waals surface area contributed by atoms with Crippen molar-refractivity contribution in [1.29, 1.82) is 0 Å². The molecule has 0 spiro atoms. The van der Waals surface area contributed by atoms with E-state index in [1.165, 1.54) is 12.1 Å². The molecule has 166 valence electrons. The summed E-state index contributed by atoms with van der Waals surface area (Å²) in [6, 6.07) is 23.5. The maximum atomic E-state index is 12.7. The Morgan fingerprint density at radius 3 is 2.47 bits per heavy atom. The third kappa shape index (κ3) is 5.96. The highest BCUT2D eigenvalue weighted by Crippen LogP contribution is 2.28. The van der Waals surface area contributed by atoms with Gasteiger partial charge >= 0.3 is 0 Å². The number of hydrogen-bond acceptors (Lipinski definition) is 4. The van der Waals surface area contributed by atoms with Crippen molar-refractivity contribution in [1.82, 2.24) is 10.0 Å². The van der Waals surface area contributed by atoms with Crippen LogP contribution in [0.4, 0.5) is 0 Å². The molecule has 6 nitrogen and oxygen atoms in total. The molecule has 2 N–H and O–H groups in total. The lowest BCUT2D eigenvalue weighted by Crippen LogP contribution is -2.27. The van der Waals surface area contributed by atoms with Gasteiger partial charge < -0.3 is 10.1 Å². The van der Waals surface area contributed by atoms with Gasteiger partial charge in [0.2, 0.25) is 10.0 Å². The van der Waals surface area contributed by atoms with Gasteiger partial charge in [0.15, 0.2) is 0 Å². The van der Waals surface area contributed by atoms with Crippen molar-refractivity contribution in [2.24, 2.45) is 5.92 Å². The second kappa shape index (κ2) is 9.97. The molecule has 1 aliphatic rings. The minimum Gasteiger partial charge on any atom is -0.489 e. The van der Waals surface area contributed by atoms with Gasteiger partial charge in [-0.05, 0) is 48.6 Å². The van der Waals surface area contributed by atoms with E-state index in [0.29, 0.717) is 30.4 Å². The van der Waals surface area contributed by atoms with Crippen LogP contribution in [-0.2, 0) is 23.2 Å². The van der Waals surface area contributed by atoms with Crippen LogP contribution in [0.2, 0.25) is 0 Å². The SMILES string of the molecule is O=C(NCc1ccccc1OCc1ccccc1)c1cccc(S(=O)(=O)NCC2CC2)c1. The predicted octanol–water partition coefficient (Wildman–Crippen LogP) is 3.88. The van der Waals surface area contributed by atoms with Crippen LogP contribution in [0.25, 0.3) is 0 Å². The van der Waals surface area contributed by atoms with E-state index in [2.05, 4.69) is 10.0 Å². The van der Waals surface area contributed by atoms with Crippen LogP contribution in [0, 0.1) is 5.92 Å². The van der Waals surface area contributed by atoms with Gasteiger partial charge in [0, 0.05) is 24.2 Å².